The quantitative estimate of drug-likeness (QED) is 0.747. The Morgan fingerprint density at radius 3 is 2.77 bits per heavy atom. The van der Waals surface area contributed by atoms with Crippen LogP contribution in [0.2, 0.25) is 0 Å². The van der Waals surface area contributed by atoms with E-state index in [-0.39, 0.29) is 11.9 Å². The van der Waals surface area contributed by atoms with Gasteiger partial charge in [-0.15, -0.1) is 0 Å². The van der Waals surface area contributed by atoms with Crippen LogP contribution in [-0.2, 0) is 4.74 Å². The molecule has 0 bridgehead atoms. The maximum atomic E-state index is 10.4. The Hall–Kier alpha value is -2.90. The number of hydrogen-bond donors (Lipinski definition) is 1. The maximum absolute atomic E-state index is 10.4. The van der Waals surface area contributed by atoms with Gasteiger partial charge in [0.15, 0.2) is 11.6 Å². The molecule has 4 heterocycles. The summed E-state index contributed by atoms with van der Waals surface area (Å²) in [4.78, 5) is 9.23. The number of phenolic OH excluding ortho intramolecular Hbond substituents is 1. The topological polar surface area (TPSA) is 74.3 Å². The van der Waals surface area contributed by atoms with Gasteiger partial charge in [-0.1, -0.05) is 18.2 Å². The summed E-state index contributed by atoms with van der Waals surface area (Å²) >= 11 is 0. The number of aromatic nitrogens is 1. The number of pyridine rings is 1. The number of hydrazine groups is 1. The number of para-hydroxylation sites is 1. The van der Waals surface area contributed by atoms with Crippen LogP contribution in [0.15, 0.2) is 52.0 Å². The molecule has 0 amide bonds. The van der Waals surface area contributed by atoms with Crippen LogP contribution in [0.5, 0.6) is 5.75 Å². The van der Waals surface area contributed by atoms with Gasteiger partial charge in [-0.2, -0.15) is 0 Å². The largest absolute Gasteiger partial charge is 0.508 e. The lowest BCUT2D eigenvalue weighted by molar-refractivity contribution is -0.0742. The van der Waals surface area contributed by atoms with E-state index < -0.39 is 0 Å². The van der Waals surface area contributed by atoms with E-state index in [0.717, 1.165) is 29.4 Å². The van der Waals surface area contributed by atoms with E-state index in [2.05, 4.69) is 9.99 Å². The van der Waals surface area contributed by atoms with Gasteiger partial charge in [-0.25, -0.2) is 15.0 Å². The average molecular weight is 350 g/mol. The van der Waals surface area contributed by atoms with Crippen LogP contribution in [0.1, 0.15) is 11.7 Å². The standard InChI is InChI=1S/C19H18N4O3/c24-15-6-2-1-4-13(15)18-21-17-14-5-3-7-20-19(14)26-16(17)12-23(18)22-8-10-25-11-9-22/h1-7,12,18,24H,8-11H2. The summed E-state index contributed by atoms with van der Waals surface area (Å²) in [6.45, 7) is 2.83. The predicted molar refractivity (Wildman–Crippen MR) is 94.3 cm³/mol. The van der Waals surface area contributed by atoms with Gasteiger partial charge >= 0.3 is 0 Å². The fourth-order valence-corrected chi connectivity index (χ4v) is 3.47. The molecule has 26 heavy (non-hydrogen) atoms. The lowest BCUT2D eigenvalue weighted by Crippen LogP contribution is -2.50. The molecule has 5 rings (SSSR count). The molecule has 1 atom stereocenters. The van der Waals surface area contributed by atoms with Gasteiger partial charge in [0.25, 0.3) is 0 Å². The Kier molecular flexibility index (Phi) is 3.62. The first-order chi connectivity index (χ1) is 12.8. The fourth-order valence-electron chi connectivity index (χ4n) is 3.47. The first kappa shape index (κ1) is 15.4. The Balaban J connectivity index is 1.72. The summed E-state index contributed by atoms with van der Waals surface area (Å²) in [5.41, 5.74) is 1.99. The van der Waals surface area contributed by atoms with Crippen LogP contribution < -0.4 is 10.8 Å². The van der Waals surface area contributed by atoms with Crippen molar-refractivity contribution < 1.29 is 14.3 Å². The summed E-state index contributed by atoms with van der Waals surface area (Å²) < 4.78 is 11.4. The third-order valence-electron chi connectivity index (χ3n) is 4.75. The van der Waals surface area contributed by atoms with Crippen molar-refractivity contribution in [1.82, 2.24) is 15.0 Å². The molecule has 1 fully saturated rings. The second-order valence-electron chi connectivity index (χ2n) is 6.31. The maximum Gasteiger partial charge on any atom is 0.229 e. The van der Waals surface area contributed by atoms with E-state index in [1.807, 2.05) is 41.5 Å². The SMILES string of the molecule is Oc1ccccc1C1N=c2c(oc3ncccc23)=CN1N1CCOCC1. The minimum Gasteiger partial charge on any atom is -0.508 e. The monoisotopic (exact) mass is 350 g/mol. The molecule has 0 saturated carbocycles. The predicted octanol–water partition coefficient (Wildman–Crippen LogP) is 1.15. The van der Waals surface area contributed by atoms with Crippen molar-refractivity contribution in [3.05, 3.63) is 58.9 Å². The molecular weight excluding hydrogens is 332 g/mol. The molecule has 0 aliphatic carbocycles. The molecule has 2 aromatic heterocycles. The molecule has 1 aromatic carbocycles. The number of hydrogen-bond acceptors (Lipinski definition) is 7. The van der Waals surface area contributed by atoms with E-state index in [9.17, 15) is 5.11 Å². The van der Waals surface area contributed by atoms with E-state index >= 15 is 0 Å². The number of phenols is 1. The third-order valence-corrected chi connectivity index (χ3v) is 4.75. The van der Waals surface area contributed by atoms with Crippen LogP contribution >= 0.6 is 0 Å². The van der Waals surface area contributed by atoms with Crippen molar-refractivity contribution in [1.29, 1.82) is 0 Å². The normalized spacial score (nSPS) is 20.5. The Morgan fingerprint density at radius 1 is 1.08 bits per heavy atom. The van der Waals surface area contributed by atoms with E-state index in [4.69, 9.17) is 14.1 Å². The van der Waals surface area contributed by atoms with Gasteiger partial charge in [0.1, 0.15) is 11.1 Å². The number of ether oxygens (including phenoxy) is 1. The van der Waals surface area contributed by atoms with Gasteiger partial charge in [0.05, 0.1) is 24.8 Å². The van der Waals surface area contributed by atoms with Gasteiger partial charge < -0.3 is 14.3 Å². The third kappa shape index (κ3) is 2.44. The van der Waals surface area contributed by atoms with Gasteiger partial charge in [-0.05, 0) is 18.2 Å². The molecule has 0 radical (unpaired) electrons. The number of benzene rings is 1. The van der Waals surface area contributed by atoms with Crippen LogP contribution in [0, 0.1) is 0 Å². The molecule has 1 saturated heterocycles. The first-order valence-corrected chi connectivity index (χ1v) is 8.63. The zero-order valence-corrected chi connectivity index (χ0v) is 14.1. The van der Waals surface area contributed by atoms with Crippen LogP contribution in [-0.4, -0.2) is 46.4 Å². The van der Waals surface area contributed by atoms with Crippen LogP contribution in [0.25, 0.3) is 17.3 Å². The first-order valence-electron chi connectivity index (χ1n) is 8.63. The van der Waals surface area contributed by atoms with Crippen LogP contribution in [0.3, 0.4) is 0 Å². The molecule has 0 spiro atoms. The van der Waals surface area contributed by atoms with E-state index in [0.29, 0.717) is 24.3 Å². The van der Waals surface area contributed by atoms with Crippen LogP contribution in [0.4, 0.5) is 0 Å². The van der Waals surface area contributed by atoms with Gasteiger partial charge in [0, 0.05) is 24.8 Å². The molecule has 7 nitrogen and oxygen atoms in total. The highest BCUT2D eigenvalue weighted by Gasteiger charge is 2.29. The Morgan fingerprint density at radius 2 is 1.92 bits per heavy atom. The van der Waals surface area contributed by atoms with Crippen molar-refractivity contribution >= 4 is 17.3 Å². The summed E-state index contributed by atoms with van der Waals surface area (Å²) in [7, 11) is 0. The molecule has 132 valence electrons. The minimum absolute atomic E-state index is 0.224. The van der Waals surface area contributed by atoms with E-state index in [1.165, 1.54) is 0 Å². The van der Waals surface area contributed by atoms with Crippen molar-refractivity contribution in [2.45, 2.75) is 6.17 Å². The summed E-state index contributed by atoms with van der Waals surface area (Å²) in [6.07, 6.45) is 3.28. The van der Waals surface area contributed by atoms with Crippen molar-refractivity contribution in [3.8, 4) is 5.75 Å². The smallest absolute Gasteiger partial charge is 0.229 e. The lowest BCUT2D eigenvalue weighted by Gasteiger charge is -2.40. The molecule has 1 N–H and O–H groups in total. The molecule has 1 unspecified atom stereocenters. The Bertz CT molecular complexity index is 1070. The zero-order valence-electron chi connectivity index (χ0n) is 14.1. The molecule has 3 aromatic rings. The number of nitrogens with zero attached hydrogens (tertiary/aromatic N) is 4. The Labute approximate surface area is 149 Å². The van der Waals surface area contributed by atoms with Gasteiger partial charge in [0.2, 0.25) is 5.71 Å². The summed E-state index contributed by atoms with van der Waals surface area (Å²) in [5, 5.41) is 16.3. The number of morpholine rings is 1. The second kappa shape index (κ2) is 6.12. The second-order valence-corrected chi connectivity index (χ2v) is 6.31. The summed E-state index contributed by atoms with van der Waals surface area (Å²) in [6, 6.07) is 11.1. The zero-order chi connectivity index (χ0) is 17.5. The fraction of sp³-hybridized carbons (Fsp3) is 0.263. The average Bonchev–Trinajstić information content (AvgIpc) is 3.06. The number of rotatable bonds is 2. The highest BCUT2D eigenvalue weighted by atomic mass is 16.5. The molecule has 2 aliphatic rings. The number of furan rings is 1. The highest BCUT2D eigenvalue weighted by molar-refractivity contribution is 5.72. The highest BCUT2D eigenvalue weighted by Crippen LogP contribution is 2.32. The number of aromatic hydroxyl groups is 1. The number of fused-ring (bicyclic) bond motifs is 3. The summed E-state index contributed by atoms with van der Waals surface area (Å²) in [5.74, 6) is 0.224. The molecular formula is C19H18N4O3. The van der Waals surface area contributed by atoms with Crippen molar-refractivity contribution in [3.63, 3.8) is 0 Å². The van der Waals surface area contributed by atoms with E-state index in [1.54, 1.807) is 12.3 Å². The lowest BCUT2D eigenvalue weighted by atomic mass is 10.1. The van der Waals surface area contributed by atoms with Crippen molar-refractivity contribution in [2.75, 3.05) is 26.3 Å². The van der Waals surface area contributed by atoms with Gasteiger partial charge in [-0.3, -0.25) is 5.01 Å². The molecule has 2 aliphatic heterocycles. The minimum atomic E-state index is -0.372. The van der Waals surface area contributed by atoms with Crippen molar-refractivity contribution in [2.24, 2.45) is 4.99 Å². The molecule has 7 heteroatoms.